The van der Waals surface area contributed by atoms with Crippen LogP contribution >= 0.6 is 11.8 Å². The van der Waals surface area contributed by atoms with E-state index in [1.165, 1.54) is 18.0 Å². The van der Waals surface area contributed by atoms with Crippen LogP contribution in [0, 0.1) is 0 Å². The first-order chi connectivity index (χ1) is 7.75. The first-order valence-electron chi connectivity index (χ1n) is 4.74. The summed E-state index contributed by atoms with van der Waals surface area (Å²) in [6.07, 6.45) is 1.44. The van der Waals surface area contributed by atoms with E-state index in [0.717, 1.165) is 5.56 Å². The Hall–Kier alpha value is -1.75. The molecule has 2 rings (SSSR count). The Morgan fingerprint density at radius 2 is 1.88 bits per heavy atom. The second-order valence-electron chi connectivity index (χ2n) is 3.21. The topological polar surface area (TPSA) is 65.7 Å². The van der Waals surface area contributed by atoms with Crippen molar-refractivity contribution in [1.29, 1.82) is 0 Å². The number of H-pyrrole nitrogens is 2. The molecule has 0 saturated carbocycles. The highest BCUT2D eigenvalue weighted by Gasteiger charge is 2.01. The van der Waals surface area contributed by atoms with E-state index in [1.807, 2.05) is 30.3 Å². The molecule has 0 fully saturated rings. The van der Waals surface area contributed by atoms with Crippen LogP contribution in [-0.4, -0.2) is 9.97 Å². The third-order valence-electron chi connectivity index (χ3n) is 2.02. The lowest BCUT2D eigenvalue weighted by molar-refractivity contribution is 0.976. The molecule has 16 heavy (non-hydrogen) atoms. The summed E-state index contributed by atoms with van der Waals surface area (Å²) < 4.78 is 0. The molecule has 0 unspecified atom stereocenters. The molecule has 2 aromatic rings. The number of benzene rings is 1. The van der Waals surface area contributed by atoms with Crippen molar-refractivity contribution in [3.63, 3.8) is 0 Å². The van der Waals surface area contributed by atoms with Crippen LogP contribution in [0.2, 0.25) is 0 Å². The molecule has 0 aliphatic heterocycles. The van der Waals surface area contributed by atoms with Crippen LogP contribution in [0.25, 0.3) is 0 Å². The van der Waals surface area contributed by atoms with E-state index in [1.54, 1.807) is 0 Å². The lowest BCUT2D eigenvalue weighted by Crippen LogP contribution is -2.22. The highest BCUT2D eigenvalue weighted by atomic mass is 32.2. The molecule has 0 amide bonds. The quantitative estimate of drug-likeness (QED) is 0.788. The molecular formula is C11H10N2O2S. The number of nitrogens with one attached hydrogen (secondary N) is 2. The van der Waals surface area contributed by atoms with Gasteiger partial charge in [-0.15, -0.1) is 11.8 Å². The van der Waals surface area contributed by atoms with Crippen LogP contribution in [0.5, 0.6) is 0 Å². The molecule has 2 N–H and O–H groups in total. The highest BCUT2D eigenvalue weighted by Crippen LogP contribution is 2.17. The van der Waals surface area contributed by atoms with Gasteiger partial charge < -0.3 is 4.98 Å². The van der Waals surface area contributed by atoms with Gasteiger partial charge in [0, 0.05) is 11.9 Å². The fraction of sp³-hybridized carbons (Fsp3) is 0.0909. The normalized spacial score (nSPS) is 10.2. The van der Waals surface area contributed by atoms with Crippen molar-refractivity contribution in [2.24, 2.45) is 0 Å². The Bertz CT molecular complexity index is 574. The van der Waals surface area contributed by atoms with Crippen LogP contribution in [0.15, 0.2) is 51.0 Å². The number of thioether (sulfide) groups is 1. The van der Waals surface area contributed by atoms with Gasteiger partial charge in [0.05, 0.1) is 4.90 Å². The summed E-state index contributed by atoms with van der Waals surface area (Å²) >= 11 is 1.39. The van der Waals surface area contributed by atoms with E-state index in [9.17, 15) is 9.59 Å². The lowest BCUT2D eigenvalue weighted by Gasteiger charge is -1.99. The molecule has 0 saturated heterocycles. The molecule has 82 valence electrons. The first-order valence-corrected chi connectivity index (χ1v) is 5.73. The van der Waals surface area contributed by atoms with Gasteiger partial charge in [-0.1, -0.05) is 30.3 Å². The van der Waals surface area contributed by atoms with Gasteiger partial charge in [-0.3, -0.25) is 9.78 Å². The van der Waals surface area contributed by atoms with Crippen molar-refractivity contribution >= 4 is 11.8 Å². The number of hydrogen-bond acceptors (Lipinski definition) is 3. The maximum atomic E-state index is 11.4. The van der Waals surface area contributed by atoms with Crippen LogP contribution in [-0.2, 0) is 5.75 Å². The summed E-state index contributed by atoms with van der Waals surface area (Å²) in [5.74, 6) is 0.704. The average Bonchev–Trinajstić information content (AvgIpc) is 2.29. The molecule has 0 spiro atoms. The summed E-state index contributed by atoms with van der Waals surface area (Å²) in [4.78, 5) is 27.3. The third-order valence-corrected chi connectivity index (χ3v) is 3.11. The fourth-order valence-corrected chi connectivity index (χ4v) is 2.08. The molecule has 0 atom stereocenters. The first kappa shape index (κ1) is 10.8. The molecule has 0 aliphatic carbocycles. The van der Waals surface area contributed by atoms with Crippen molar-refractivity contribution in [2.75, 3.05) is 0 Å². The zero-order valence-corrected chi connectivity index (χ0v) is 9.21. The predicted octanol–water partition coefficient (Wildman–Crippen LogP) is 1.36. The van der Waals surface area contributed by atoms with E-state index in [-0.39, 0.29) is 5.56 Å². The Morgan fingerprint density at radius 1 is 1.12 bits per heavy atom. The molecule has 4 nitrogen and oxygen atoms in total. The summed E-state index contributed by atoms with van der Waals surface area (Å²) in [6.45, 7) is 0. The van der Waals surface area contributed by atoms with Crippen LogP contribution in [0.1, 0.15) is 5.56 Å². The number of rotatable bonds is 3. The molecule has 0 radical (unpaired) electrons. The van der Waals surface area contributed by atoms with Crippen molar-refractivity contribution in [3.8, 4) is 0 Å². The van der Waals surface area contributed by atoms with E-state index in [2.05, 4.69) is 9.97 Å². The molecular weight excluding hydrogens is 224 g/mol. The highest BCUT2D eigenvalue weighted by molar-refractivity contribution is 7.98. The monoisotopic (exact) mass is 234 g/mol. The van der Waals surface area contributed by atoms with E-state index >= 15 is 0 Å². The second-order valence-corrected chi connectivity index (χ2v) is 4.23. The molecule has 1 aromatic carbocycles. The SMILES string of the molecule is O=c1[nH]cc(SCc2ccccc2)c(=O)[nH]1. The number of hydrogen-bond donors (Lipinski definition) is 2. The van der Waals surface area contributed by atoms with Gasteiger partial charge in [-0.05, 0) is 5.56 Å². The number of aromatic amines is 2. The fourth-order valence-electron chi connectivity index (χ4n) is 1.24. The summed E-state index contributed by atoms with van der Waals surface area (Å²) in [6, 6.07) is 9.83. The van der Waals surface area contributed by atoms with E-state index in [0.29, 0.717) is 10.6 Å². The molecule has 5 heteroatoms. The lowest BCUT2D eigenvalue weighted by atomic mass is 10.2. The Kier molecular flexibility index (Phi) is 3.26. The molecule has 0 aliphatic rings. The Balaban J connectivity index is 2.11. The van der Waals surface area contributed by atoms with Crippen molar-refractivity contribution < 1.29 is 0 Å². The molecule has 1 heterocycles. The van der Waals surface area contributed by atoms with Gasteiger partial charge in [0.15, 0.2) is 0 Å². The van der Waals surface area contributed by atoms with Gasteiger partial charge in [-0.2, -0.15) is 0 Å². The van der Waals surface area contributed by atoms with Crippen LogP contribution in [0.3, 0.4) is 0 Å². The molecule has 1 aromatic heterocycles. The van der Waals surface area contributed by atoms with Crippen molar-refractivity contribution in [2.45, 2.75) is 10.6 Å². The largest absolute Gasteiger partial charge is 0.325 e. The van der Waals surface area contributed by atoms with Crippen LogP contribution in [0.4, 0.5) is 0 Å². The Morgan fingerprint density at radius 3 is 2.56 bits per heavy atom. The van der Waals surface area contributed by atoms with E-state index in [4.69, 9.17) is 0 Å². The summed E-state index contributed by atoms with van der Waals surface area (Å²) in [7, 11) is 0. The Labute approximate surface area is 95.7 Å². The maximum Gasteiger partial charge on any atom is 0.325 e. The standard InChI is InChI=1S/C11H10N2O2S/c14-10-9(6-12-11(15)13-10)16-7-8-4-2-1-3-5-8/h1-6H,7H2,(H2,12,13,14,15). The number of aromatic nitrogens is 2. The van der Waals surface area contributed by atoms with Gasteiger partial charge >= 0.3 is 5.69 Å². The van der Waals surface area contributed by atoms with Crippen molar-refractivity contribution in [3.05, 3.63) is 62.9 Å². The van der Waals surface area contributed by atoms with E-state index < -0.39 is 5.69 Å². The van der Waals surface area contributed by atoms with Crippen molar-refractivity contribution in [1.82, 2.24) is 9.97 Å². The third kappa shape index (κ3) is 2.64. The van der Waals surface area contributed by atoms with Gasteiger partial charge in [0.25, 0.3) is 5.56 Å². The van der Waals surface area contributed by atoms with Gasteiger partial charge in [0.1, 0.15) is 0 Å². The zero-order chi connectivity index (χ0) is 11.4. The second kappa shape index (κ2) is 4.85. The minimum atomic E-state index is -0.478. The minimum absolute atomic E-state index is 0.343. The summed E-state index contributed by atoms with van der Waals surface area (Å²) in [5.41, 5.74) is 0.317. The van der Waals surface area contributed by atoms with Gasteiger partial charge in [-0.25, -0.2) is 4.79 Å². The molecule has 0 bridgehead atoms. The predicted molar refractivity (Wildman–Crippen MR) is 63.7 cm³/mol. The van der Waals surface area contributed by atoms with Gasteiger partial charge in [0.2, 0.25) is 0 Å². The zero-order valence-electron chi connectivity index (χ0n) is 8.40. The van der Waals surface area contributed by atoms with Crippen LogP contribution < -0.4 is 11.2 Å². The maximum absolute atomic E-state index is 11.4. The summed E-state index contributed by atoms with van der Waals surface area (Å²) in [5, 5.41) is 0. The minimum Gasteiger partial charge on any atom is -0.313 e. The average molecular weight is 234 g/mol. The smallest absolute Gasteiger partial charge is 0.313 e.